The molecule has 3 aromatic carbocycles. The lowest BCUT2D eigenvalue weighted by Crippen LogP contribution is -2.36. The Kier molecular flexibility index (Phi) is 11.6. The normalized spacial score (nSPS) is 18.6. The van der Waals surface area contributed by atoms with Crippen LogP contribution in [0.3, 0.4) is 0 Å². The van der Waals surface area contributed by atoms with E-state index in [1.165, 1.54) is 17.7 Å². The minimum atomic E-state index is -4.27. The molecule has 1 saturated heterocycles. The SMILES string of the molecule is C[C@H](c1ccccc1)N(C)C1CCC(c2ccc(C(=O)CS(=O)(=O)c3ccc(NCC4CCOCC4)c([N+](=O)[O-])c3)c(Oc3cnc4[nH]ccc4c3)c2)CC1. The van der Waals surface area contributed by atoms with Crippen LogP contribution in [0.1, 0.15) is 78.9 Å². The summed E-state index contributed by atoms with van der Waals surface area (Å²) in [6.45, 7) is 4.03. The van der Waals surface area contributed by atoms with Crippen molar-refractivity contribution in [3.8, 4) is 11.5 Å². The fourth-order valence-electron chi connectivity index (χ4n) is 7.85. The first-order chi connectivity index (χ1) is 26.6. The minimum Gasteiger partial charge on any atom is -0.455 e. The molecule has 5 aromatic rings. The molecular weight excluding hydrogens is 719 g/mol. The largest absolute Gasteiger partial charge is 0.455 e. The number of H-pyrrole nitrogens is 1. The monoisotopic (exact) mass is 765 g/mol. The molecule has 0 amide bonds. The van der Waals surface area contributed by atoms with Crippen LogP contribution < -0.4 is 10.1 Å². The van der Waals surface area contributed by atoms with E-state index in [-0.39, 0.29) is 33.5 Å². The second-order valence-electron chi connectivity index (χ2n) is 14.8. The number of aromatic nitrogens is 2. The zero-order valence-electron chi connectivity index (χ0n) is 31.1. The number of carbonyl (C=O) groups is 1. The van der Waals surface area contributed by atoms with Gasteiger partial charge in [-0.2, -0.15) is 0 Å². The number of ketones is 1. The molecule has 2 aromatic heterocycles. The topological polar surface area (TPSA) is 157 Å². The fraction of sp³-hybridized carbons (Fsp3) is 0.381. The lowest BCUT2D eigenvalue weighted by atomic mass is 9.80. The molecule has 1 aliphatic carbocycles. The van der Waals surface area contributed by atoms with Gasteiger partial charge < -0.3 is 19.8 Å². The summed E-state index contributed by atoms with van der Waals surface area (Å²) in [5.74, 6) is -0.395. The number of carbonyl (C=O) groups excluding carboxylic acids is 1. The van der Waals surface area contributed by atoms with E-state index in [0.29, 0.717) is 49.2 Å². The third-order valence-corrected chi connectivity index (χ3v) is 12.9. The Morgan fingerprint density at radius 2 is 1.78 bits per heavy atom. The van der Waals surface area contributed by atoms with E-state index in [0.717, 1.165) is 55.5 Å². The molecular formula is C42H47N5O7S. The maximum atomic E-state index is 13.9. The molecule has 1 aliphatic heterocycles. The predicted molar refractivity (Wildman–Crippen MR) is 212 cm³/mol. The second kappa shape index (κ2) is 16.7. The summed E-state index contributed by atoms with van der Waals surface area (Å²) in [6, 6.07) is 24.0. The Morgan fingerprint density at radius 1 is 1.02 bits per heavy atom. The van der Waals surface area contributed by atoms with Gasteiger partial charge in [0.25, 0.3) is 5.69 Å². The number of hydrogen-bond acceptors (Lipinski definition) is 10. The standard InChI is InChI=1S/C42H47N5O7S/c1-28(30-6-4-3-5-7-30)46(2)34-11-8-31(9-12-34)32-10-14-37(41(23-32)54-35-22-33-16-19-43-42(33)45-26-35)40(48)27-55(51,52)36-13-15-38(39(24-36)47(49)50)44-25-29-17-20-53-21-18-29/h3-7,10,13-16,19,22-24,26,28-29,31,34,44H,8-9,11-12,17-18,20-21,25,27H2,1-2H3,(H,43,45)/t28-,31?,34?/m1/s1. The van der Waals surface area contributed by atoms with Crippen LogP contribution >= 0.6 is 0 Å². The summed E-state index contributed by atoms with van der Waals surface area (Å²) in [5, 5.41) is 16.0. The molecule has 288 valence electrons. The molecule has 0 radical (unpaired) electrons. The number of sulfone groups is 1. The third-order valence-electron chi connectivity index (χ3n) is 11.3. The van der Waals surface area contributed by atoms with E-state index in [1.54, 1.807) is 18.5 Å². The summed E-state index contributed by atoms with van der Waals surface area (Å²) in [6.07, 6.45) is 8.94. The van der Waals surface area contributed by atoms with Crippen LogP contribution in [0.2, 0.25) is 0 Å². The van der Waals surface area contributed by atoms with Crippen molar-refractivity contribution in [1.82, 2.24) is 14.9 Å². The average Bonchev–Trinajstić information content (AvgIpc) is 3.68. The van der Waals surface area contributed by atoms with Crippen molar-refractivity contribution >= 4 is 38.0 Å². The van der Waals surface area contributed by atoms with Crippen LogP contribution in [0, 0.1) is 16.0 Å². The van der Waals surface area contributed by atoms with E-state index >= 15 is 0 Å². The molecule has 1 saturated carbocycles. The summed E-state index contributed by atoms with van der Waals surface area (Å²) in [4.78, 5) is 35.0. The number of aromatic amines is 1. The number of pyridine rings is 1. The van der Waals surface area contributed by atoms with Gasteiger partial charge in [-0.1, -0.05) is 36.4 Å². The number of Topliss-reactive ketones (excluding diaryl/α,β-unsaturated/α-hetero) is 1. The molecule has 0 bridgehead atoms. The molecule has 12 nitrogen and oxygen atoms in total. The van der Waals surface area contributed by atoms with E-state index in [9.17, 15) is 23.3 Å². The average molecular weight is 766 g/mol. The van der Waals surface area contributed by atoms with E-state index in [1.807, 2.05) is 30.3 Å². The highest BCUT2D eigenvalue weighted by molar-refractivity contribution is 7.92. The van der Waals surface area contributed by atoms with E-state index in [2.05, 4.69) is 58.4 Å². The first-order valence-electron chi connectivity index (χ1n) is 18.9. The van der Waals surface area contributed by atoms with E-state index in [4.69, 9.17) is 9.47 Å². The Labute approximate surface area is 321 Å². The van der Waals surface area contributed by atoms with Gasteiger partial charge in [0.2, 0.25) is 0 Å². The van der Waals surface area contributed by atoms with Crippen molar-refractivity contribution in [1.29, 1.82) is 0 Å². The van der Waals surface area contributed by atoms with E-state index < -0.39 is 26.3 Å². The molecule has 0 spiro atoms. The highest BCUT2D eigenvalue weighted by Crippen LogP contribution is 2.40. The fourth-order valence-corrected chi connectivity index (χ4v) is 9.09. The first kappa shape index (κ1) is 38.2. The van der Waals surface area contributed by atoms with Crippen LogP contribution in [0.4, 0.5) is 11.4 Å². The molecule has 7 rings (SSSR count). The summed E-state index contributed by atoms with van der Waals surface area (Å²) in [7, 11) is -2.08. The predicted octanol–water partition coefficient (Wildman–Crippen LogP) is 8.48. The smallest absolute Gasteiger partial charge is 0.293 e. The molecule has 2 fully saturated rings. The van der Waals surface area contributed by atoms with Crippen molar-refractivity contribution in [3.63, 3.8) is 0 Å². The number of benzene rings is 3. The van der Waals surface area contributed by atoms with Crippen molar-refractivity contribution in [2.24, 2.45) is 5.92 Å². The third kappa shape index (κ3) is 8.90. The highest BCUT2D eigenvalue weighted by Gasteiger charge is 2.30. The molecule has 2 N–H and O–H groups in total. The molecule has 1 atom stereocenters. The molecule has 2 aliphatic rings. The lowest BCUT2D eigenvalue weighted by molar-refractivity contribution is -0.384. The van der Waals surface area contributed by atoms with Crippen LogP contribution in [0.15, 0.2) is 96.2 Å². The minimum absolute atomic E-state index is 0.107. The Bertz CT molecular complexity index is 2250. The maximum absolute atomic E-state index is 13.9. The number of anilines is 1. The number of nitrogens with zero attached hydrogens (tertiary/aromatic N) is 3. The molecule has 0 unspecified atom stereocenters. The van der Waals surface area contributed by atoms with Gasteiger partial charge in [-0.25, -0.2) is 13.4 Å². The summed E-state index contributed by atoms with van der Waals surface area (Å²) in [5.41, 5.74) is 2.96. The van der Waals surface area contributed by atoms with Crippen LogP contribution in [0.25, 0.3) is 11.0 Å². The van der Waals surface area contributed by atoms with Gasteiger partial charge in [-0.15, -0.1) is 0 Å². The van der Waals surface area contributed by atoms with Gasteiger partial charge in [-0.3, -0.25) is 19.8 Å². The molecule has 55 heavy (non-hydrogen) atoms. The highest BCUT2D eigenvalue weighted by atomic mass is 32.2. The van der Waals surface area contributed by atoms with Gasteiger partial charge >= 0.3 is 0 Å². The number of nitro groups is 1. The van der Waals surface area contributed by atoms with Crippen molar-refractivity contribution in [2.45, 2.75) is 68.3 Å². The molecule has 13 heteroatoms. The van der Waals surface area contributed by atoms with Gasteiger partial charge in [0.1, 0.15) is 28.6 Å². The number of nitrogens with one attached hydrogen (secondary N) is 2. The molecule has 3 heterocycles. The van der Waals surface area contributed by atoms with Crippen molar-refractivity contribution in [2.75, 3.05) is 37.9 Å². The number of fused-ring (bicyclic) bond motifs is 1. The van der Waals surface area contributed by atoms with Crippen LogP contribution in [-0.2, 0) is 14.6 Å². The Hall–Kier alpha value is -5.11. The van der Waals surface area contributed by atoms with Gasteiger partial charge in [0.05, 0.1) is 21.6 Å². The number of nitro benzene ring substituents is 1. The number of hydrogen-bond donors (Lipinski definition) is 2. The van der Waals surface area contributed by atoms with Gasteiger partial charge in [0, 0.05) is 49.5 Å². The zero-order chi connectivity index (χ0) is 38.5. The van der Waals surface area contributed by atoms with Gasteiger partial charge in [0.15, 0.2) is 15.6 Å². The summed E-state index contributed by atoms with van der Waals surface area (Å²) < 4.78 is 39.1. The lowest BCUT2D eigenvalue weighted by Gasteiger charge is -2.38. The van der Waals surface area contributed by atoms with Crippen molar-refractivity contribution < 1.29 is 27.6 Å². The number of ether oxygens (including phenoxy) is 2. The Balaban J connectivity index is 1.10. The van der Waals surface area contributed by atoms with Crippen LogP contribution in [0.5, 0.6) is 11.5 Å². The van der Waals surface area contributed by atoms with Gasteiger partial charge in [-0.05, 0) is 112 Å². The second-order valence-corrected chi connectivity index (χ2v) is 16.7. The quantitative estimate of drug-likeness (QED) is 0.0639. The Morgan fingerprint density at radius 3 is 2.53 bits per heavy atom. The number of rotatable bonds is 14. The first-order valence-corrected chi connectivity index (χ1v) is 20.6. The van der Waals surface area contributed by atoms with Crippen molar-refractivity contribution in [3.05, 3.63) is 118 Å². The van der Waals surface area contributed by atoms with Crippen LogP contribution in [-0.4, -0.2) is 72.6 Å². The maximum Gasteiger partial charge on any atom is 0.293 e. The zero-order valence-corrected chi connectivity index (χ0v) is 32.0. The summed E-state index contributed by atoms with van der Waals surface area (Å²) >= 11 is 0.